The first kappa shape index (κ1) is 24.5. The highest BCUT2D eigenvalue weighted by molar-refractivity contribution is 5.98. The van der Waals surface area contributed by atoms with Gasteiger partial charge in [0.1, 0.15) is 5.82 Å². The second-order valence-electron chi connectivity index (χ2n) is 8.94. The Balaban J connectivity index is 1.44. The zero-order valence-electron chi connectivity index (χ0n) is 19.8. The van der Waals surface area contributed by atoms with Crippen molar-refractivity contribution in [3.63, 3.8) is 0 Å². The van der Waals surface area contributed by atoms with E-state index in [-0.39, 0.29) is 41.0 Å². The highest BCUT2D eigenvalue weighted by atomic mass is 19.3. The molecule has 1 unspecified atom stereocenters. The number of hydrogen-bond donors (Lipinski definition) is 2. The van der Waals surface area contributed by atoms with Gasteiger partial charge >= 0.3 is 0 Å². The predicted molar refractivity (Wildman–Crippen MR) is 127 cm³/mol. The molecule has 2 N–H and O–H groups in total. The van der Waals surface area contributed by atoms with E-state index < -0.39 is 35.5 Å². The largest absolute Gasteiger partial charge is 0.494 e. The van der Waals surface area contributed by atoms with E-state index in [1.165, 1.54) is 42.4 Å². The summed E-state index contributed by atoms with van der Waals surface area (Å²) in [5.74, 6) is -4.58. The maximum atomic E-state index is 14.8. The fourth-order valence-corrected chi connectivity index (χ4v) is 4.26. The van der Waals surface area contributed by atoms with Gasteiger partial charge in [0.2, 0.25) is 5.95 Å². The average molecular weight is 514 g/mol. The number of aromatic nitrogens is 4. The standard InChI is InChI=1S/C25H22F4N6O2/c1-35-12-15(10-31-35)22(13-3-4-21(37-2)19(27)5-13)34-23(36)14-6-18(26)17-11-30-24(33-20(17)7-14)32-16-8-25(28,29)9-16/h3-7,10-12,16,22H,8-9H2,1-2H3,(H,34,36)(H,30,32,33). The number of ether oxygens (including phenoxy) is 1. The summed E-state index contributed by atoms with van der Waals surface area (Å²) in [4.78, 5) is 21.5. The minimum atomic E-state index is -2.72. The van der Waals surface area contributed by atoms with Gasteiger partial charge in [-0.3, -0.25) is 9.48 Å². The molecular weight excluding hydrogens is 492 g/mol. The number of carbonyl (C=O) groups excluding carboxylic acids is 1. The molecule has 192 valence electrons. The van der Waals surface area contributed by atoms with Gasteiger partial charge in [-0.1, -0.05) is 6.07 Å². The average Bonchev–Trinajstić information content (AvgIpc) is 3.26. The zero-order valence-corrected chi connectivity index (χ0v) is 19.8. The lowest BCUT2D eigenvalue weighted by atomic mass is 9.88. The first-order chi connectivity index (χ1) is 17.6. The monoisotopic (exact) mass is 514 g/mol. The van der Waals surface area contributed by atoms with Crippen LogP contribution in [0.25, 0.3) is 10.9 Å². The molecule has 0 radical (unpaired) electrons. The number of fused-ring (bicyclic) bond motifs is 1. The summed E-state index contributed by atoms with van der Waals surface area (Å²) in [5, 5.41) is 9.80. The van der Waals surface area contributed by atoms with Crippen LogP contribution in [0.3, 0.4) is 0 Å². The van der Waals surface area contributed by atoms with Gasteiger partial charge in [0.05, 0.1) is 30.3 Å². The Morgan fingerprint density at radius 1 is 1.14 bits per heavy atom. The summed E-state index contributed by atoms with van der Waals surface area (Å²) in [6.07, 6.45) is 3.75. The summed E-state index contributed by atoms with van der Waals surface area (Å²) in [6, 6.07) is 5.43. The van der Waals surface area contributed by atoms with Crippen molar-refractivity contribution in [2.75, 3.05) is 12.4 Å². The lowest BCUT2D eigenvalue weighted by Crippen LogP contribution is -2.44. The van der Waals surface area contributed by atoms with E-state index in [1.54, 1.807) is 19.3 Å². The van der Waals surface area contributed by atoms with E-state index in [0.717, 1.165) is 6.07 Å². The van der Waals surface area contributed by atoms with Crippen LogP contribution in [0, 0.1) is 11.6 Å². The van der Waals surface area contributed by atoms with Crippen molar-refractivity contribution in [1.82, 2.24) is 25.1 Å². The Hall–Kier alpha value is -4.22. The maximum Gasteiger partial charge on any atom is 0.252 e. The Bertz CT molecular complexity index is 1480. The summed E-state index contributed by atoms with van der Waals surface area (Å²) in [5.41, 5.74) is 1.09. The molecule has 1 saturated carbocycles. The molecule has 1 fully saturated rings. The molecule has 1 amide bonds. The van der Waals surface area contributed by atoms with Crippen molar-refractivity contribution in [2.45, 2.75) is 30.8 Å². The number of methoxy groups -OCH3 is 1. The van der Waals surface area contributed by atoms with Crippen molar-refractivity contribution >= 4 is 22.8 Å². The van der Waals surface area contributed by atoms with Crippen molar-refractivity contribution < 1.29 is 27.1 Å². The van der Waals surface area contributed by atoms with Crippen molar-refractivity contribution in [3.8, 4) is 5.75 Å². The Morgan fingerprint density at radius 3 is 2.57 bits per heavy atom. The number of nitrogens with zero attached hydrogens (tertiary/aromatic N) is 4. The SMILES string of the molecule is COc1ccc(C(NC(=O)c2cc(F)c3cnc(NC4CC(F)(F)C4)nc3c2)c2cnn(C)c2)cc1F. The first-order valence-corrected chi connectivity index (χ1v) is 11.4. The fourth-order valence-electron chi connectivity index (χ4n) is 4.26. The highest BCUT2D eigenvalue weighted by Crippen LogP contribution is 2.38. The van der Waals surface area contributed by atoms with Gasteiger partial charge in [-0.15, -0.1) is 0 Å². The van der Waals surface area contributed by atoms with Gasteiger partial charge in [-0.25, -0.2) is 27.5 Å². The minimum absolute atomic E-state index is 0.0345. The third-order valence-electron chi connectivity index (χ3n) is 6.18. The van der Waals surface area contributed by atoms with Crippen LogP contribution in [0.2, 0.25) is 0 Å². The third-order valence-corrected chi connectivity index (χ3v) is 6.18. The van der Waals surface area contributed by atoms with E-state index in [9.17, 15) is 22.4 Å². The van der Waals surface area contributed by atoms with Crippen LogP contribution in [0.15, 0.2) is 48.9 Å². The molecule has 0 bridgehead atoms. The molecule has 12 heteroatoms. The van der Waals surface area contributed by atoms with Gasteiger partial charge in [0, 0.05) is 49.5 Å². The van der Waals surface area contributed by atoms with Gasteiger partial charge in [-0.2, -0.15) is 5.10 Å². The highest BCUT2D eigenvalue weighted by Gasteiger charge is 2.45. The van der Waals surface area contributed by atoms with Gasteiger partial charge in [0.15, 0.2) is 11.6 Å². The quantitative estimate of drug-likeness (QED) is 0.356. The summed E-state index contributed by atoms with van der Waals surface area (Å²) < 4.78 is 62.1. The van der Waals surface area contributed by atoms with Crippen LogP contribution >= 0.6 is 0 Å². The molecular formula is C25H22F4N6O2. The van der Waals surface area contributed by atoms with Crippen LogP contribution in [-0.4, -0.2) is 44.7 Å². The zero-order chi connectivity index (χ0) is 26.3. The van der Waals surface area contributed by atoms with Gasteiger partial charge in [0.25, 0.3) is 11.8 Å². The lowest BCUT2D eigenvalue weighted by Gasteiger charge is -2.35. The lowest BCUT2D eigenvalue weighted by molar-refractivity contribution is -0.0794. The van der Waals surface area contributed by atoms with Gasteiger partial charge < -0.3 is 15.4 Å². The van der Waals surface area contributed by atoms with Crippen LogP contribution in [0.4, 0.5) is 23.5 Å². The fraction of sp³-hybridized carbons (Fsp3) is 0.280. The minimum Gasteiger partial charge on any atom is -0.494 e. The molecule has 2 heterocycles. The maximum absolute atomic E-state index is 14.8. The van der Waals surface area contributed by atoms with E-state index in [4.69, 9.17) is 4.74 Å². The molecule has 5 rings (SSSR count). The van der Waals surface area contributed by atoms with Crippen molar-refractivity contribution in [2.24, 2.45) is 7.05 Å². The van der Waals surface area contributed by atoms with Crippen LogP contribution in [-0.2, 0) is 7.05 Å². The van der Waals surface area contributed by atoms with Crippen LogP contribution in [0.5, 0.6) is 5.75 Å². The molecule has 37 heavy (non-hydrogen) atoms. The smallest absolute Gasteiger partial charge is 0.252 e. The number of hydrogen-bond acceptors (Lipinski definition) is 6. The number of aryl methyl sites for hydroxylation is 1. The number of benzene rings is 2. The van der Waals surface area contributed by atoms with Gasteiger partial charge in [-0.05, 0) is 29.8 Å². The van der Waals surface area contributed by atoms with Crippen molar-refractivity contribution in [1.29, 1.82) is 0 Å². The molecule has 4 aromatic rings. The molecule has 2 aromatic heterocycles. The molecule has 1 aliphatic rings. The van der Waals surface area contributed by atoms with Crippen LogP contribution < -0.4 is 15.4 Å². The molecule has 8 nitrogen and oxygen atoms in total. The molecule has 2 aromatic carbocycles. The Morgan fingerprint density at radius 2 is 1.92 bits per heavy atom. The summed E-state index contributed by atoms with van der Waals surface area (Å²) >= 11 is 0. The van der Waals surface area contributed by atoms with E-state index >= 15 is 0 Å². The molecule has 0 spiro atoms. The number of nitrogens with one attached hydrogen (secondary N) is 2. The number of anilines is 1. The predicted octanol–water partition coefficient (Wildman–Crippen LogP) is 4.38. The second kappa shape index (κ2) is 9.34. The Kier molecular flexibility index (Phi) is 6.18. The van der Waals surface area contributed by atoms with Crippen LogP contribution in [0.1, 0.15) is 40.4 Å². The number of halogens is 4. The number of amides is 1. The number of rotatable bonds is 7. The van der Waals surface area contributed by atoms with Crippen molar-refractivity contribution in [3.05, 3.63) is 77.2 Å². The topological polar surface area (TPSA) is 94.0 Å². The number of alkyl halides is 2. The summed E-state index contributed by atoms with van der Waals surface area (Å²) in [6.45, 7) is 0. The van der Waals surface area contributed by atoms with E-state index in [0.29, 0.717) is 11.1 Å². The van der Waals surface area contributed by atoms with E-state index in [1.807, 2.05) is 0 Å². The normalized spacial score (nSPS) is 15.7. The molecule has 1 atom stereocenters. The first-order valence-electron chi connectivity index (χ1n) is 11.4. The number of carbonyl (C=O) groups is 1. The second-order valence-corrected chi connectivity index (χ2v) is 8.94. The summed E-state index contributed by atoms with van der Waals surface area (Å²) in [7, 11) is 3.05. The molecule has 1 aliphatic carbocycles. The molecule has 0 aliphatic heterocycles. The molecule has 0 saturated heterocycles. The Labute approximate surface area is 208 Å². The third kappa shape index (κ3) is 5.04. The van der Waals surface area contributed by atoms with E-state index in [2.05, 4.69) is 25.7 Å².